The van der Waals surface area contributed by atoms with Crippen molar-refractivity contribution in [3.8, 4) is 0 Å². The molecule has 0 aromatic carbocycles. The van der Waals surface area contributed by atoms with E-state index >= 15 is 0 Å². The number of nitrogens with zero attached hydrogens (tertiary/aromatic N) is 2. The zero-order valence-electron chi connectivity index (χ0n) is 6.44. The molecule has 1 aromatic rings. The number of halogens is 1. The van der Waals surface area contributed by atoms with Gasteiger partial charge in [-0.3, -0.25) is 4.68 Å². The summed E-state index contributed by atoms with van der Waals surface area (Å²) in [5.41, 5.74) is 0. The summed E-state index contributed by atoms with van der Waals surface area (Å²) in [6, 6.07) is 0. The van der Waals surface area contributed by atoms with Crippen molar-refractivity contribution < 1.29 is 9.47 Å². The second-order valence-electron chi connectivity index (χ2n) is 2.66. The van der Waals surface area contributed by atoms with E-state index in [1.165, 1.54) is 0 Å². The van der Waals surface area contributed by atoms with Crippen molar-refractivity contribution in [1.82, 2.24) is 9.78 Å². The third-order valence-electron chi connectivity index (χ3n) is 1.68. The van der Waals surface area contributed by atoms with E-state index in [2.05, 4.69) is 21.0 Å². The molecule has 0 bridgehead atoms. The second kappa shape index (κ2) is 3.55. The van der Waals surface area contributed by atoms with Gasteiger partial charge in [-0.1, -0.05) is 0 Å². The first-order valence-corrected chi connectivity index (χ1v) is 4.51. The lowest BCUT2D eigenvalue weighted by Gasteiger charge is -2.06. The Balaban J connectivity index is 1.94. The molecule has 1 fully saturated rings. The Hall–Kier alpha value is -0.390. The highest BCUT2D eigenvalue weighted by Gasteiger charge is 2.16. The summed E-state index contributed by atoms with van der Waals surface area (Å²) in [5.74, 6) is 0. The molecule has 5 heteroatoms. The number of aromatic nitrogens is 2. The monoisotopic (exact) mass is 232 g/mol. The highest BCUT2D eigenvalue weighted by Crippen LogP contribution is 2.09. The molecule has 2 heterocycles. The van der Waals surface area contributed by atoms with Crippen LogP contribution in [0.3, 0.4) is 0 Å². The van der Waals surface area contributed by atoms with Gasteiger partial charge in [0, 0.05) is 6.20 Å². The van der Waals surface area contributed by atoms with Crippen molar-refractivity contribution in [2.75, 3.05) is 13.4 Å². The van der Waals surface area contributed by atoms with Crippen LogP contribution in [0.2, 0.25) is 0 Å². The molecule has 0 spiro atoms. The van der Waals surface area contributed by atoms with Crippen LogP contribution in [0.5, 0.6) is 0 Å². The lowest BCUT2D eigenvalue weighted by molar-refractivity contribution is 0.0413. The molecule has 1 aliphatic heterocycles. The van der Waals surface area contributed by atoms with E-state index in [-0.39, 0.29) is 6.10 Å². The lowest BCUT2D eigenvalue weighted by Crippen LogP contribution is -2.18. The average molecular weight is 233 g/mol. The maximum Gasteiger partial charge on any atom is 0.147 e. The zero-order valence-corrected chi connectivity index (χ0v) is 8.03. The highest BCUT2D eigenvalue weighted by atomic mass is 79.9. The lowest BCUT2D eigenvalue weighted by atomic mass is 10.4. The highest BCUT2D eigenvalue weighted by molar-refractivity contribution is 9.10. The maximum atomic E-state index is 5.27. The van der Waals surface area contributed by atoms with E-state index in [0.29, 0.717) is 13.4 Å². The number of hydrogen-bond acceptors (Lipinski definition) is 3. The van der Waals surface area contributed by atoms with Crippen molar-refractivity contribution in [2.45, 2.75) is 12.6 Å². The predicted molar refractivity (Wildman–Crippen MR) is 45.6 cm³/mol. The van der Waals surface area contributed by atoms with Gasteiger partial charge in [0.05, 0.1) is 23.8 Å². The molecule has 1 saturated heterocycles. The molecule has 0 amide bonds. The van der Waals surface area contributed by atoms with Gasteiger partial charge in [-0.25, -0.2) is 0 Å². The summed E-state index contributed by atoms with van der Waals surface area (Å²) in [7, 11) is 0. The van der Waals surface area contributed by atoms with Crippen LogP contribution in [0.1, 0.15) is 0 Å². The van der Waals surface area contributed by atoms with E-state index in [1.807, 2.05) is 10.9 Å². The molecule has 1 unspecified atom stereocenters. The van der Waals surface area contributed by atoms with Crippen molar-refractivity contribution in [2.24, 2.45) is 0 Å². The Morgan fingerprint density at radius 3 is 3.25 bits per heavy atom. The smallest absolute Gasteiger partial charge is 0.147 e. The molecular weight excluding hydrogens is 224 g/mol. The molecular formula is C7H9BrN2O2. The average Bonchev–Trinajstić information content (AvgIpc) is 2.63. The van der Waals surface area contributed by atoms with E-state index < -0.39 is 0 Å². The Morgan fingerprint density at radius 1 is 1.75 bits per heavy atom. The van der Waals surface area contributed by atoms with Gasteiger partial charge in [0.25, 0.3) is 0 Å². The number of ether oxygens (including phenoxy) is 2. The van der Waals surface area contributed by atoms with E-state index in [0.717, 1.165) is 11.0 Å². The largest absolute Gasteiger partial charge is 0.353 e. The fraction of sp³-hybridized carbons (Fsp3) is 0.571. The van der Waals surface area contributed by atoms with Crippen molar-refractivity contribution in [3.63, 3.8) is 0 Å². The SMILES string of the molecule is Brc1cnn(CC2COCO2)c1. The molecule has 0 N–H and O–H groups in total. The van der Waals surface area contributed by atoms with Gasteiger partial charge in [0.2, 0.25) is 0 Å². The van der Waals surface area contributed by atoms with Crippen LogP contribution in [0.15, 0.2) is 16.9 Å². The Bertz CT molecular complexity index is 258. The van der Waals surface area contributed by atoms with Crippen LogP contribution < -0.4 is 0 Å². The summed E-state index contributed by atoms with van der Waals surface area (Å²) in [6.45, 7) is 1.83. The van der Waals surface area contributed by atoms with Gasteiger partial charge < -0.3 is 9.47 Å². The van der Waals surface area contributed by atoms with Gasteiger partial charge in [-0.15, -0.1) is 0 Å². The van der Waals surface area contributed by atoms with E-state index in [9.17, 15) is 0 Å². The Labute approximate surface area is 78.6 Å². The third-order valence-corrected chi connectivity index (χ3v) is 2.09. The van der Waals surface area contributed by atoms with Gasteiger partial charge >= 0.3 is 0 Å². The summed E-state index contributed by atoms with van der Waals surface area (Å²) < 4.78 is 13.2. The zero-order chi connectivity index (χ0) is 8.39. The van der Waals surface area contributed by atoms with Gasteiger partial charge in [0.15, 0.2) is 0 Å². The molecule has 0 aliphatic carbocycles. The van der Waals surface area contributed by atoms with Crippen molar-refractivity contribution in [3.05, 3.63) is 16.9 Å². The predicted octanol–water partition coefficient (Wildman–Crippen LogP) is 1.02. The number of rotatable bonds is 2. The molecule has 1 atom stereocenters. The minimum atomic E-state index is 0.150. The first kappa shape index (κ1) is 8.22. The molecule has 1 aromatic heterocycles. The second-order valence-corrected chi connectivity index (χ2v) is 3.57. The number of hydrogen-bond donors (Lipinski definition) is 0. The normalized spacial score (nSPS) is 23.2. The third kappa shape index (κ3) is 1.85. The minimum Gasteiger partial charge on any atom is -0.353 e. The standard InChI is InChI=1S/C7H9BrN2O2/c8-6-1-9-10(2-6)3-7-4-11-5-12-7/h1-2,7H,3-5H2. The van der Waals surface area contributed by atoms with Gasteiger partial charge in [0.1, 0.15) is 12.9 Å². The Morgan fingerprint density at radius 2 is 2.67 bits per heavy atom. The molecule has 2 rings (SSSR count). The van der Waals surface area contributed by atoms with Crippen LogP contribution in [0, 0.1) is 0 Å². The molecule has 4 nitrogen and oxygen atoms in total. The quantitative estimate of drug-likeness (QED) is 0.765. The fourth-order valence-corrected chi connectivity index (χ4v) is 1.45. The topological polar surface area (TPSA) is 36.3 Å². The molecule has 1 aliphatic rings. The summed E-state index contributed by atoms with van der Waals surface area (Å²) in [6.07, 6.45) is 3.83. The van der Waals surface area contributed by atoms with Gasteiger partial charge in [-0.2, -0.15) is 5.10 Å². The summed E-state index contributed by atoms with van der Waals surface area (Å²) >= 11 is 3.33. The molecule has 66 valence electrons. The maximum absolute atomic E-state index is 5.27. The minimum absolute atomic E-state index is 0.150. The van der Waals surface area contributed by atoms with Crippen LogP contribution in [-0.4, -0.2) is 29.3 Å². The van der Waals surface area contributed by atoms with Crippen LogP contribution in [0.25, 0.3) is 0 Å². The van der Waals surface area contributed by atoms with Crippen molar-refractivity contribution >= 4 is 15.9 Å². The van der Waals surface area contributed by atoms with Gasteiger partial charge in [-0.05, 0) is 15.9 Å². The van der Waals surface area contributed by atoms with Crippen molar-refractivity contribution in [1.29, 1.82) is 0 Å². The molecule has 0 saturated carbocycles. The first-order valence-electron chi connectivity index (χ1n) is 3.72. The van der Waals surface area contributed by atoms with Crippen LogP contribution in [0.4, 0.5) is 0 Å². The van der Waals surface area contributed by atoms with Crippen LogP contribution in [-0.2, 0) is 16.0 Å². The van der Waals surface area contributed by atoms with Crippen LogP contribution >= 0.6 is 15.9 Å². The molecule has 0 radical (unpaired) electrons. The first-order chi connectivity index (χ1) is 5.84. The van der Waals surface area contributed by atoms with E-state index in [4.69, 9.17) is 9.47 Å². The Kier molecular flexibility index (Phi) is 2.43. The summed E-state index contributed by atoms with van der Waals surface area (Å²) in [4.78, 5) is 0. The van der Waals surface area contributed by atoms with E-state index in [1.54, 1.807) is 6.20 Å². The fourth-order valence-electron chi connectivity index (χ4n) is 1.12. The summed E-state index contributed by atoms with van der Waals surface area (Å²) in [5, 5.41) is 4.11. The molecule has 12 heavy (non-hydrogen) atoms.